The van der Waals surface area contributed by atoms with Gasteiger partial charge in [0, 0.05) is 23.7 Å². The van der Waals surface area contributed by atoms with Gasteiger partial charge in [-0.05, 0) is 40.7 Å². The third-order valence-electron chi connectivity index (χ3n) is 7.00. The van der Waals surface area contributed by atoms with E-state index in [4.69, 9.17) is 9.26 Å². The molecule has 0 unspecified atom stereocenters. The molecule has 2 fully saturated rings. The van der Waals surface area contributed by atoms with Crippen LogP contribution in [0.3, 0.4) is 0 Å². The second kappa shape index (κ2) is 7.99. The normalized spacial score (nSPS) is 30.6. The van der Waals surface area contributed by atoms with E-state index in [-0.39, 0.29) is 17.9 Å². The number of amides is 3. The van der Waals surface area contributed by atoms with Crippen molar-refractivity contribution < 1.29 is 28.0 Å². The lowest BCUT2D eigenvalue weighted by Crippen LogP contribution is -2.57. The first-order chi connectivity index (χ1) is 16.8. The Morgan fingerprint density at radius 1 is 1.19 bits per heavy atom. The third-order valence-corrected chi connectivity index (χ3v) is 7.00. The average molecular weight is 497 g/mol. The summed E-state index contributed by atoms with van der Waals surface area (Å²) in [7, 11) is 0. The molecule has 1 spiro atoms. The summed E-state index contributed by atoms with van der Waals surface area (Å²) >= 11 is 0. The zero-order valence-electron chi connectivity index (χ0n) is 20.8. The Bertz CT molecular complexity index is 1280. The van der Waals surface area contributed by atoms with Crippen LogP contribution in [0, 0.1) is 24.6 Å². The van der Waals surface area contributed by atoms with Crippen molar-refractivity contribution in [1.82, 2.24) is 15.4 Å². The third kappa shape index (κ3) is 3.71. The Hall–Kier alpha value is -3.53. The molecule has 1 aromatic heterocycles. The molecule has 2 N–H and O–H groups in total. The van der Waals surface area contributed by atoms with Crippen molar-refractivity contribution in [2.45, 2.75) is 63.9 Å². The largest absolute Gasteiger partial charge is 0.360 e. The number of ether oxygens (including phenoxy) is 1. The van der Waals surface area contributed by atoms with Gasteiger partial charge in [-0.15, -0.1) is 0 Å². The van der Waals surface area contributed by atoms with Crippen molar-refractivity contribution in [2.75, 3.05) is 5.32 Å². The predicted octanol–water partition coefficient (Wildman–Crippen LogP) is 2.72. The monoisotopic (exact) mass is 496 g/mol. The Kier molecular flexibility index (Phi) is 5.37. The molecular weight excluding hydrogens is 467 g/mol. The summed E-state index contributed by atoms with van der Waals surface area (Å²) in [6, 6.07) is 6.57. The minimum atomic E-state index is -1.38. The first kappa shape index (κ1) is 24.2. The van der Waals surface area contributed by atoms with E-state index in [1.54, 1.807) is 50.3 Å². The van der Waals surface area contributed by atoms with E-state index >= 15 is 0 Å². The number of likely N-dealkylation sites (tertiary alicyclic amines) is 1. The molecule has 4 heterocycles. The molecule has 36 heavy (non-hydrogen) atoms. The van der Waals surface area contributed by atoms with E-state index in [9.17, 15) is 18.8 Å². The number of anilines is 1. The molecule has 5 rings (SSSR count). The smallest absolute Gasteiger partial charge is 0.246 e. The summed E-state index contributed by atoms with van der Waals surface area (Å²) < 4.78 is 26.1. The molecular formula is C26H29FN4O5. The number of hydrogen-bond donors (Lipinski definition) is 2. The number of nitrogens with one attached hydrogen (secondary N) is 2. The van der Waals surface area contributed by atoms with Crippen LogP contribution in [-0.4, -0.2) is 50.6 Å². The van der Waals surface area contributed by atoms with Crippen molar-refractivity contribution in [3.8, 4) is 0 Å². The van der Waals surface area contributed by atoms with Crippen LogP contribution in [0.2, 0.25) is 0 Å². The van der Waals surface area contributed by atoms with E-state index in [0.29, 0.717) is 5.76 Å². The number of carbonyl (C=O) groups is 3. The number of fused-ring (bicyclic) bond motifs is 1. The highest BCUT2D eigenvalue weighted by Gasteiger charge is 2.76. The van der Waals surface area contributed by atoms with Gasteiger partial charge in [0.05, 0.1) is 17.4 Å². The average Bonchev–Trinajstić information content (AvgIpc) is 3.46. The van der Waals surface area contributed by atoms with Gasteiger partial charge in [-0.3, -0.25) is 14.4 Å². The first-order valence-electron chi connectivity index (χ1n) is 11.9. The van der Waals surface area contributed by atoms with Crippen LogP contribution in [0.15, 0.2) is 47.0 Å². The van der Waals surface area contributed by atoms with Crippen molar-refractivity contribution in [1.29, 1.82) is 0 Å². The standard InChI is InChI=1S/C26H29FN4O5/c1-14-12-17(30-35-14)28-21(32)18-19-23(34)31(13-15-8-6-7-9-16(15)27)20(22(33)29-24(2,3)4)26(19)11-10-25(18,5)36-26/h6-12,18-20H,13H2,1-5H3,(H,29,33)(H,28,30,32)/t18-,19-,20+,25-,26+/m0/s1. The van der Waals surface area contributed by atoms with E-state index in [1.807, 2.05) is 20.8 Å². The van der Waals surface area contributed by atoms with E-state index in [2.05, 4.69) is 15.8 Å². The van der Waals surface area contributed by atoms with Gasteiger partial charge in [-0.2, -0.15) is 0 Å². The highest BCUT2D eigenvalue weighted by Crippen LogP contribution is 2.60. The van der Waals surface area contributed by atoms with Crippen LogP contribution in [0.5, 0.6) is 0 Å². The summed E-state index contributed by atoms with van der Waals surface area (Å²) in [5.41, 5.74) is -2.83. The molecule has 2 saturated heterocycles. The van der Waals surface area contributed by atoms with Crippen molar-refractivity contribution in [3.05, 3.63) is 59.6 Å². The Morgan fingerprint density at radius 3 is 2.56 bits per heavy atom. The summed E-state index contributed by atoms with van der Waals surface area (Å²) in [4.78, 5) is 42.5. The molecule has 190 valence electrons. The molecule has 9 nitrogen and oxygen atoms in total. The maximum atomic E-state index is 14.6. The fourth-order valence-electron chi connectivity index (χ4n) is 5.68. The highest BCUT2D eigenvalue weighted by molar-refractivity contribution is 6.03. The number of hydrogen-bond acceptors (Lipinski definition) is 6. The lowest BCUT2D eigenvalue weighted by Gasteiger charge is -2.35. The van der Waals surface area contributed by atoms with Gasteiger partial charge in [-0.25, -0.2) is 4.39 Å². The molecule has 0 saturated carbocycles. The quantitative estimate of drug-likeness (QED) is 0.616. The van der Waals surface area contributed by atoms with Crippen LogP contribution in [0.25, 0.3) is 0 Å². The first-order valence-corrected chi connectivity index (χ1v) is 11.9. The van der Waals surface area contributed by atoms with Gasteiger partial charge >= 0.3 is 0 Å². The van der Waals surface area contributed by atoms with Crippen LogP contribution in [-0.2, 0) is 25.7 Å². The van der Waals surface area contributed by atoms with Crippen LogP contribution in [0.1, 0.15) is 39.0 Å². The molecule has 1 aromatic carbocycles. The Morgan fingerprint density at radius 2 is 1.92 bits per heavy atom. The zero-order chi connectivity index (χ0) is 26.0. The van der Waals surface area contributed by atoms with Crippen LogP contribution < -0.4 is 10.6 Å². The summed E-state index contributed by atoms with van der Waals surface area (Å²) in [5, 5.41) is 9.46. The van der Waals surface area contributed by atoms with E-state index in [1.165, 1.54) is 11.0 Å². The van der Waals surface area contributed by atoms with Crippen molar-refractivity contribution >= 4 is 23.5 Å². The van der Waals surface area contributed by atoms with E-state index < -0.39 is 58.2 Å². The molecule has 2 bridgehead atoms. The molecule has 3 amide bonds. The molecule has 5 atom stereocenters. The van der Waals surface area contributed by atoms with E-state index in [0.717, 1.165) is 0 Å². The minimum absolute atomic E-state index is 0.142. The molecule has 0 aliphatic carbocycles. The fourth-order valence-corrected chi connectivity index (χ4v) is 5.68. The zero-order valence-corrected chi connectivity index (χ0v) is 20.8. The fraction of sp³-hybridized carbons (Fsp3) is 0.462. The number of aromatic nitrogens is 1. The number of aryl methyl sites for hydroxylation is 1. The molecule has 3 aliphatic rings. The molecule has 3 aliphatic heterocycles. The lowest BCUT2D eigenvalue weighted by atomic mass is 9.70. The maximum Gasteiger partial charge on any atom is 0.246 e. The number of nitrogens with zero attached hydrogens (tertiary/aromatic N) is 2. The van der Waals surface area contributed by atoms with Crippen molar-refractivity contribution in [2.24, 2.45) is 11.8 Å². The number of benzene rings is 1. The number of rotatable bonds is 5. The van der Waals surface area contributed by atoms with Crippen LogP contribution in [0.4, 0.5) is 10.2 Å². The second-order valence-electron chi connectivity index (χ2n) is 10.9. The minimum Gasteiger partial charge on any atom is -0.360 e. The van der Waals surface area contributed by atoms with Gasteiger partial charge in [0.1, 0.15) is 23.2 Å². The number of halogens is 1. The summed E-state index contributed by atoms with van der Waals surface area (Å²) in [6.07, 6.45) is 3.45. The maximum absolute atomic E-state index is 14.6. The summed E-state index contributed by atoms with van der Waals surface area (Å²) in [6.45, 7) is 8.77. The lowest BCUT2D eigenvalue weighted by molar-refractivity contribution is -0.145. The van der Waals surface area contributed by atoms with Crippen molar-refractivity contribution in [3.63, 3.8) is 0 Å². The second-order valence-corrected chi connectivity index (χ2v) is 10.9. The Balaban J connectivity index is 1.56. The van der Waals surface area contributed by atoms with Gasteiger partial charge in [0.2, 0.25) is 17.7 Å². The van der Waals surface area contributed by atoms with Gasteiger partial charge in [0.25, 0.3) is 0 Å². The SMILES string of the molecule is Cc1cc(NC(=O)[C@@H]2[C@H]3C(=O)N(Cc4ccccc4F)[C@H](C(=O)NC(C)(C)C)[C@@]34C=C[C@]2(C)O4)no1. The Labute approximate surface area is 208 Å². The molecule has 2 aromatic rings. The van der Waals surface area contributed by atoms with Gasteiger partial charge in [0.15, 0.2) is 5.82 Å². The van der Waals surface area contributed by atoms with Gasteiger partial charge in [-0.1, -0.05) is 35.5 Å². The molecule has 10 heteroatoms. The van der Waals surface area contributed by atoms with Gasteiger partial charge < -0.3 is 24.8 Å². The highest BCUT2D eigenvalue weighted by atomic mass is 19.1. The summed E-state index contributed by atoms with van der Waals surface area (Å²) in [5.74, 6) is -3.03. The molecule has 0 radical (unpaired) electrons. The predicted molar refractivity (Wildman–Crippen MR) is 127 cm³/mol. The van der Waals surface area contributed by atoms with Crippen LogP contribution >= 0.6 is 0 Å². The topological polar surface area (TPSA) is 114 Å². The number of carbonyl (C=O) groups excluding carboxylic acids is 3.